The zero-order chi connectivity index (χ0) is 28.5. The minimum absolute atomic E-state index is 0.140. The molecule has 6 aromatic rings. The van der Waals surface area contributed by atoms with E-state index in [1.165, 1.54) is 12.7 Å². The maximum atomic E-state index is 13.4. The molecule has 2 aliphatic carbocycles. The van der Waals surface area contributed by atoms with Crippen molar-refractivity contribution >= 4 is 28.0 Å². The second-order valence-corrected chi connectivity index (χ2v) is 11.4. The summed E-state index contributed by atoms with van der Waals surface area (Å²) in [5.74, 6) is -0.282. The van der Waals surface area contributed by atoms with E-state index in [-0.39, 0.29) is 12.4 Å². The number of carbonyl (C=O) groups excluding carboxylic acids is 1. The summed E-state index contributed by atoms with van der Waals surface area (Å²) >= 11 is 0. The fourth-order valence-corrected chi connectivity index (χ4v) is 7.43. The van der Waals surface area contributed by atoms with E-state index in [0.29, 0.717) is 6.42 Å². The highest BCUT2D eigenvalue weighted by Crippen LogP contribution is 2.60. The van der Waals surface area contributed by atoms with Crippen molar-refractivity contribution in [2.45, 2.75) is 37.0 Å². The molecule has 0 spiro atoms. The van der Waals surface area contributed by atoms with Crippen molar-refractivity contribution in [2.24, 2.45) is 0 Å². The van der Waals surface area contributed by atoms with Crippen LogP contribution in [0, 0.1) is 0 Å². The average Bonchev–Trinajstić information content (AvgIpc) is 3.45. The first kappa shape index (κ1) is 24.8. The van der Waals surface area contributed by atoms with Gasteiger partial charge in [-0.25, -0.2) is 19.9 Å². The summed E-state index contributed by atoms with van der Waals surface area (Å²) in [6.07, 6.45) is 1.48. The van der Waals surface area contributed by atoms with Crippen LogP contribution in [0.5, 0.6) is 0 Å². The smallest absolute Gasteiger partial charge is 0.306 e. The van der Waals surface area contributed by atoms with Crippen LogP contribution in [0.4, 0.5) is 0 Å². The van der Waals surface area contributed by atoms with E-state index in [0.717, 1.165) is 68.0 Å². The highest BCUT2D eigenvalue weighted by atomic mass is 16.5. The minimum Gasteiger partial charge on any atom is -0.469 e. The standard InChI is InChI=1S/C36H28N4O2/c1-3-35(24-14-6-4-12-22(24)31-33(35)39-28-18-10-8-16-26(28)37-31)21-36(20-30(41)42-2)25-15-7-5-13-23(25)32-34(36)40-29-19-11-9-17-27(29)38-32/h4-19H,3,20-21H2,1-2H3. The van der Waals surface area contributed by atoms with E-state index in [1.807, 2.05) is 60.7 Å². The normalized spacial score (nSPS) is 19.8. The molecule has 0 saturated heterocycles. The summed E-state index contributed by atoms with van der Waals surface area (Å²) in [5, 5.41) is 0. The van der Waals surface area contributed by atoms with Crippen molar-refractivity contribution in [3.63, 3.8) is 0 Å². The summed E-state index contributed by atoms with van der Waals surface area (Å²) in [5.41, 5.74) is 9.90. The lowest BCUT2D eigenvalue weighted by atomic mass is 9.62. The number of benzene rings is 4. The van der Waals surface area contributed by atoms with Crippen LogP contribution in [-0.2, 0) is 20.4 Å². The molecule has 0 saturated carbocycles. The Hall–Kier alpha value is -4.97. The van der Waals surface area contributed by atoms with E-state index in [2.05, 4.69) is 43.3 Å². The lowest BCUT2D eigenvalue weighted by Crippen LogP contribution is -2.40. The van der Waals surface area contributed by atoms with Gasteiger partial charge in [-0.05, 0) is 48.2 Å². The lowest BCUT2D eigenvalue weighted by molar-refractivity contribution is -0.142. The molecule has 2 aliphatic rings. The van der Waals surface area contributed by atoms with Gasteiger partial charge >= 0.3 is 5.97 Å². The Kier molecular flexibility index (Phi) is 5.32. The highest BCUT2D eigenvalue weighted by Gasteiger charge is 2.55. The number of methoxy groups -OCH3 is 1. The molecule has 0 radical (unpaired) electrons. The van der Waals surface area contributed by atoms with Crippen LogP contribution in [0.25, 0.3) is 44.6 Å². The van der Waals surface area contributed by atoms with Gasteiger partial charge in [0, 0.05) is 16.5 Å². The molecule has 2 heterocycles. The largest absolute Gasteiger partial charge is 0.469 e. The Morgan fingerprint density at radius 2 is 1.05 bits per heavy atom. The minimum atomic E-state index is -0.798. The van der Waals surface area contributed by atoms with Crippen LogP contribution in [0.1, 0.15) is 48.7 Å². The van der Waals surface area contributed by atoms with Crippen LogP contribution >= 0.6 is 0 Å². The van der Waals surface area contributed by atoms with E-state index in [4.69, 9.17) is 24.7 Å². The third kappa shape index (κ3) is 3.29. The molecule has 6 nitrogen and oxygen atoms in total. The third-order valence-electron chi connectivity index (χ3n) is 9.32. The van der Waals surface area contributed by atoms with Gasteiger partial charge in [0.1, 0.15) is 0 Å². The van der Waals surface area contributed by atoms with Gasteiger partial charge in [-0.3, -0.25) is 4.79 Å². The second kappa shape index (κ2) is 9.02. The van der Waals surface area contributed by atoms with Crippen molar-refractivity contribution in [1.29, 1.82) is 0 Å². The number of fused-ring (bicyclic) bond motifs is 8. The quantitative estimate of drug-likeness (QED) is 0.213. The molecule has 2 unspecified atom stereocenters. The zero-order valence-electron chi connectivity index (χ0n) is 23.5. The fraction of sp³-hybridized carbons (Fsp3) is 0.194. The van der Waals surface area contributed by atoms with Crippen molar-refractivity contribution < 1.29 is 9.53 Å². The van der Waals surface area contributed by atoms with E-state index < -0.39 is 10.8 Å². The summed E-state index contributed by atoms with van der Waals surface area (Å²) < 4.78 is 5.37. The van der Waals surface area contributed by atoms with Gasteiger partial charge in [-0.2, -0.15) is 0 Å². The molecule has 0 amide bonds. The van der Waals surface area contributed by atoms with Gasteiger partial charge in [-0.15, -0.1) is 0 Å². The Labute approximate surface area is 243 Å². The number of rotatable bonds is 5. The Morgan fingerprint density at radius 3 is 1.55 bits per heavy atom. The number of carbonyl (C=O) groups is 1. The van der Waals surface area contributed by atoms with Crippen LogP contribution in [-0.4, -0.2) is 33.0 Å². The second-order valence-electron chi connectivity index (χ2n) is 11.4. The first-order valence-electron chi connectivity index (χ1n) is 14.4. The molecule has 4 aromatic carbocycles. The van der Waals surface area contributed by atoms with Crippen LogP contribution in [0.15, 0.2) is 97.1 Å². The van der Waals surface area contributed by atoms with Crippen molar-refractivity contribution in [2.75, 3.05) is 7.11 Å². The monoisotopic (exact) mass is 548 g/mol. The topological polar surface area (TPSA) is 77.9 Å². The Morgan fingerprint density at radius 1 is 0.619 bits per heavy atom. The van der Waals surface area contributed by atoms with Gasteiger partial charge in [0.05, 0.1) is 63.8 Å². The first-order valence-corrected chi connectivity index (χ1v) is 14.4. The first-order chi connectivity index (χ1) is 20.6. The molecule has 2 atom stereocenters. The number of aromatic nitrogens is 4. The highest BCUT2D eigenvalue weighted by molar-refractivity contribution is 5.88. The van der Waals surface area contributed by atoms with Gasteiger partial charge in [-0.1, -0.05) is 79.7 Å². The molecule has 0 N–H and O–H groups in total. The molecule has 6 heteroatoms. The van der Waals surface area contributed by atoms with Crippen molar-refractivity contribution in [3.05, 3.63) is 120 Å². The number of ether oxygens (including phenoxy) is 1. The van der Waals surface area contributed by atoms with Crippen molar-refractivity contribution in [3.8, 4) is 22.5 Å². The predicted octanol–water partition coefficient (Wildman–Crippen LogP) is 7.17. The molecular weight excluding hydrogens is 520 g/mol. The van der Waals surface area contributed by atoms with Crippen LogP contribution in [0.3, 0.4) is 0 Å². The van der Waals surface area contributed by atoms with E-state index in [1.54, 1.807) is 0 Å². The van der Waals surface area contributed by atoms with Gasteiger partial charge in [0.15, 0.2) is 0 Å². The summed E-state index contributed by atoms with van der Waals surface area (Å²) in [6, 6.07) is 32.8. The lowest BCUT2D eigenvalue weighted by Gasteiger charge is -2.40. The van der Waals surface area contributed by atoms with Gasteiger partial charge in [0.2, 0.25) is 0 Å². The molecule has 2 aromatic heterocycles. The molecule has 0 bridgehead atoms. The van der Waals surface area contributed by atoms with Gasteiger partial charge < -0.3 is 4.74 Å². The SMILES string of the molecule is CCC1(CC2(CC(=O)OC)c3ccccc3-c3nc4ccccc4nc32)c2ccccc2-c2nc3ccccc3nc21. The molecule has 0 aliphatic heterocycles. The number of hydrogen-bond donors (Lipinski definition) is 0. The maximum Gasteiger partial charge on any atom is 0.306 e. The number of esters is 1. The number of nitrogens with zero attached hydrogens (tertiary/aromatic N) is 4. The van der Waals surface area contributed by atoms with Crippen LogP contribution < -0.4 is 0 Å². The molecule has 0 fully saturated rings. The summed E-state index contributed by atoms with van der Waals surface area (Å²) in [7, 11) is 1.46. The Balaban J connectivity index is 1.45. The van der Waals surface area contributed by atoms with E-state index in [9.17, 15) is 4.79 Å². The zero-order valence-corrected chi connectivity index (χ0v) is 23.5. The van der Waals surface area contributed by atoms with Crippen molar-refractivity contribution in [1.82, 2.24) is 19.9 Å². The predicted molar refractivity (Wildman–Crippen MR) is 163 cm³/mol. The summed E-state index contributed by atoms with van der Waals surface area (Å²) in [4.78, 5) is 34.3. The molecule has 42 heavy (non-hydrogen) atoms. The van der Waals surface area contributed by atoms with Crippen LogP contribution in [0.2, 0.25) is 0 Å². The van der Waals surface area contributed by atoms with E-state index >= 15 is 0 Å². The summed E-state index contributed by atoms with van der Waals surface area (Å²) in [6.45, 7) is 2.21. The maximum absolute atomic E-state index is 13.4. The Bertz CT molecular complexity index is 2070. The number of para-hydroxylation sites is 4. The molecule has 204 valence electrons. The third-order valence-corrected chi connectivity index (χ3v) is 9.32. The average molecular weight is 549 g/mol. The van der Waals surface area contributed by atoms with Gasteiger partial charge in [0.25, 0.3) is 0 Å². The molecule has 8 rings (SSSR count). The molecular formula is C36H28N4O2. The fourth-order valence-electron chi connectivity index (χ4n) is 7.43. The number of hydrogen-bond acceptors (Lipinski definition) is 6.